The molecule has 26 heavy (non-hydrogen) atoms. The monoisotopic (exact) mass is 370 g/mol. The van der Waals surface area contributed by atoms with Gasteiger partial charge in [0.05, 0.1) is 18.8 Å². The molecule has 1 heterocycles. The van der Waals surface area contributed by atoms with E-state index in [1.807, 2.05) is 37.3 Å². The third-order valence-electron chi connectivity index (χ3n) is 3.91. The molecule has 1 atom stereocenters. The van der Waals surface area contributed by atoms with Crippen LogP contribution < -0.4 is 9.47 Å². The number of aryl methyl sites for hydroxylation is 1. The second-order valence-electron chi connectivity index (χ2n) is 6.24. The van der Waals surface area contributed by atoms with Gasteiger partial charge in [-0.05, 0) is 24.6 Å². The lowest BCUT2D eigenvalue weighted by Gasteiger charge is -2.10. The van der Waals surface area contributed by atoms with E-state index in [1.165, 1.54) is 5.56 Å². The molecule has 1 aliphatic rings. The molecule has 1 N–H and O–H groups in total. The number of ether oxygens (including phenoxy) is 2. The van der Waals surface area contributed by atoms with Crippen molar-refractivity contribution in [2.24, 2.45) is 0 Å². The highest BCUT2D eigenvalue weighted by atomic mass is 35.5. The summed E-state index contributed by atoms with van der Waals surface area (Å²) in [4.78, 5) is 0. The zero-order valence-corrected chi connectivity index (χ0v) is 15.8. The number of aliphatic hydroxyl groups excluding tert-OH is 1. The zero-order valence-electron chi connectivity index (χ0n) is 15.1. The average molecular weight is 371 g/mol. The molecule has 1 aliphatic heterocycles. The highest BCUT2D eigenvalue weighted by Crippen LogP contribution is 2.36. The fraction of sp³-hybridized carbons (Fsp3) is 0.273. The van der Waals surface area contributed by atoms with Crippen molar-refractivity contribution in [3.63, 3.8) is 0 Å². The number of hydrogen-bond acceptors (Lipinski definition) is 3. The van der Waals surface area contributed by atoms with Crippen LogP contribution in [0.1, 0.15) is 36.0 Å². The predicted octanol–water partition coefficient (Wildman–Crippen LogP) is 5.80. The second kappa shape index (κ2) is 9.22. The first-order chi connectivity index (χ1) is 12.4. The lowest BCUT2D eigenvalue weighted by atomic mass is 10.0. The number of rotatable bonds is 4. The summed E-state index contributed by atoms with van der Waals surface area (Å²) in [5.74, 6) is 4.48. The molecule has 4 heteroatoms. The van der Waals surface area contributed by atoms with Crippen molar-refractivity contribution < 1.29 is 14.6 Å². The number of benzene rings is 2. The van der Waals surface area contributed by atoms with Crippen LogP contribution in [0, 0.1) is 19.3 Å². The first-order valence-electron chi connectivity index (χ1n) is 8.35. The van der Waals surface area contributed by atoms with Crippen LogP contribution in [-0.2, 0) is 6.61 Å². The number of halogens is 1. The molecule has 2 aromatic rings. The Kier molecular flexibility index (Phi) is 7.00. The van der Waals surface area contributed by atoms with Crippen molar-refractivity contribution in [1.82, 2.24) is 0 Å². The van der Waals surface area contributed by atoms with Gasteiger partial charge in [-0.15, -0.1) is 6.42 Å². The molecule has 0 saturated carbocycles. The van der Waals surface area contributed by atoms with Crippen molar-refractivity contribution in [2.75, 3.05) is 6.61 Å². The van der Waals surface area contributed by atoms with Gasteiger partial charge in [0.25, 0.3) is 0 Å². The first-order valence-corrected chi connectivity index (χ1v) is 8.73. The van der Waals surface area contributed by atoms with Crippen LogP contribution in [0.4, 0.5) is 0 Å². The highest BCUT2D eigenvalue weighted by molar-refractivity contribution is 6.31. The number of hydrogen-bond donors (Lipinski definition) is 1. The molecular weight excluding hydrogens is 348 g/mol. The van der Waals surface area contributed by atoms with Crippen LogP contribution in [-0.4, -0.2) is 11.7 Å². The fourth-order valence-corrected chi connectivity index (χ4v) is 2.78. The molecule has 0 spiro atoms. The molecule has 3 nitrogen and oxygen atoms in total. The normalized spacial score (nSPS) is 14.3. The number of fused-ring (bicyclic) bond motifs is 1. The summed E-state index contributed by atoms with van der Waals surface area (Å²) in [5, 5.41) is 8.96. The van der Waals surface area contributed by atoms with Gasteiger partial charge in [-0.1, -0.05) is 49.2 Å². The van der Waals surface area contributed by atoms with Crippen LogP contribution in [0.15, 0.2) is 48.7 Å². The van der Waals surface area contributed by atoms with E-state index in [-0.39, 0.29) is 12.2 Å². The van der Waals surface area contributed by atoms with E-state index in [2.05, 4.69) is 25.5 Å². The summed E-state index contributed by atoms with van der Waals surface area (Å²) < 4.78 is 11.4. The van der Waals surface area contributed by atoms with E-state index in [0.717, 1.165) is 34.3 Å². The standard InChI is InChI=1S/C17H17ClO2.C5H6O/c1-11-3-4-13(16(18)7-11)10-19-14-5-6-15-12(2)9-20-17(15)8-14;1-3-4-5(2)6/h3-8,12H,9-10H2,1-2H3;1,6H,2,4H2. The number of terminal acetylenes is 1. The summed E-state index contributed by atoms with van der Waals surface area (Å²) in [6.07, 6.45) is 5.02. The lowest BCUT2D eigenvalue weighted by molar-refractivity contribution is 0.301. The maximum absolute atomic E-state index is 8.22. The molecule has 0 bridgehead atoms. The Bertz CT molecular complexity index is 821. The summed E-state index contributed by atoms with van der Waals surface area (Å²) in [6.45, 7) is 8.56. The maximum atomic E-state index is 8.22. The van der Waals surface area contributed by atoms with Crippen molar-refractivity contribution in [3.05, 3.63) is 70.4 Å². The van der Waals surface area contributed by atoms with E-state index in [0.29, 0.717) is 12.5 Å². The topological polar surface area (TPSA) is 38.7 Å². The first kappa shape index (κ1) is 19.8. The smallest absolute Gasteiger partial charge is 0.126 e. The second-order valence-corrected chi connectivity index (χ2v) is 6.65. The fourth-order valence-electron chi connectivity index (χ4n) is 2.49. The number of aliphatic hydroxyl groups is 1. The quantitative estimate of drug-likeness (QED) is 0.545. The van der Waals surface area contributed by atoms with Crippen molar-refractivity contribution in [1.29, 1.82) is 0 Å². The molecule has 0 saturated heterocycles. The van der Waals surface area contributed by atoms with Crippen molar-refractivity contribution in [3.8, 4) is 23.8 Å². The Morgan fingerprint density at radius 2 is 2.15 bits per heavy atom. The van der Waals surface area contributed by atoms with Gasteiger partial charge < -0.3 is 14.6 Å². The van der Waals surface area contributed by atoms with Crippen molar-refractivity contribution >= 4 is 11.6 Å². The van der Waals surface area contributed by atoms with Gasteiger partial charge in [0.2, 0.25) is 0 Å². The van der Waals surface area contributed by atoms with Gasteiger partial charge in [-0.2, -0.15) is 0 Å². The third kappa shape index (κ3) is 5.47. The minimum atomic E-state index is 0.0532. The summed E-state index contributed by atoms with van der Waals surface area (Å²) in [7, 11) is 0. The molecule has 136 valence electrons. The molecule has 1 unspecified atom stereocenters. The Labute approximate surface area is 160 Å². The highest BCUT2D eigenvalue weighted by Gasteiger charge is 2.20. The van der Waals surface area contributed by atoms with E-state index in [9.17, 15) is 0 Å². The Morgan fingerprint density at radius 3 is 2.77 bits per heavy atom. The summed E-state index contributed by atoms with van der Waals surface area (Å²) >= 11 is 6.20. The predicted molar refractivity (Wildman–Crippen MR) is 106 cm³/mol. The van der Waals surface area contributed by atoms with E-state index < -0.39 is 0 Å². The van der Waals surface area contributed by atoms with Gasteiger partial charge in [-0.3, -0.25) is 0 Å². The molecule has 2 aromatic carbocycles. The van der Waals surface area contributed by atoms with Gasteiger partial charge in [0.15, 0.2) is 0 Å². The van der Waals surface area contributed by atoms with E-state index >= 15 is 0 Å². The van der Waals surface area contributed by atoms with Crippen molar-refractivity contribution in [2.45, 2.75) is 32.8 Å². The van der Waals surface area contributed by atoms with E-state index in [1.54, 1.807) is 0 Å². The molecule has 0 aromatic heterocycles. The van der Waals surface area contributed by atoms with E-state index in [4.69, 9.17) is 32.6 Å². The molecular formula is C22H23ClO3. The Hall–Kier alpha value is -2.57. The van der Waals surface area contributed by atoms with Crippen LogP contribution in [0.3, 0.4) is 0 Å². The zero-order chi connectivity index (χ0) is 19.1. The summed E-state index contributed by atoms with van der Waals surface area (Å²) in [6, 6.07) is 12.0. The van der Waals surface area contributed by atoms with Crippen LogP contribution >= 0.6 is 11.6 Å². The largest absolute Gasteiger partial charge is 0.512 e. The van der Waals surface area contributed by atoms with Gasteiger partial charge >= 0.3 is 0 Å². The van der Waals surface area contributed by atoms with Gasteiger partial charge in [0, 0.05) is 28.1 Å². The minimum absolute atomic E-state index is 0.0532. The Balaban J connectivity index is 0.000000352. The van der Waals surface area contributed by atoms with Gasteiger partial charge in [-0.25, -0.2) is 0 Å². The molecule has 0 amide bonds. The molecule has 0 radical (unpaired) electrons. The SMILES string of the molecule is C#CCC(=C)O.Cc1ccc(COc2ccc3c(c2)OCC3C)c(Cl)c1. The van der Waals surface area contributed by atoms with Gasteiger partial charge in [0.1, 0.15) is 18.1 Å². The average Bonchev–Trinajstić information content (AvgIpc) is 2.95. The lowest BCUT2D eigenvalue weighted by Crippen LogP contribution is -1.97. The van der Waals surface area contributed by atoms with Crippen LogP contribution in [0.2, 0.25) is 5.02 Å². The third-order valence-corrected chi connectivity index (χ3v) is 4.27. The number of allylic oxidation sites excluding steroid dienone is 1. The van der Waals surface area contributed by atoms with Crippen LogP contribution in [0.5, 0.6) is 11.5 Å². The maximum Gasteiger partial charge on any atom is 0.126 e. The molecule has 3 rings (SSSR count). The molecule has 0 aliphatic carbocycles. The molecule has 0 fully saturated rings. The minimum Gasteiger partial charge on any atom is -0.512 e. The van der Waals surface area contributed by atoms with Crippen LogP contribution in [0.25, 0.3) is 0 Å². The Morgan fingerprint density at radius 1 is 1.38 bits per heavy atom. The summed E-state index contributed by atoms with van der Waals surface area (Å²) in [5.41, 5.74) is 3.40.